The first kappa shape index (κ1) is 13.0. The molecule has 2 heteroatoms. The van der Waals surface area contributed by atoms with Crippen molar-refractivity contribution in [2.24, 2.45) is 17.1 Å². The quantitative estimate of drug-likeness (QED) is 0.776. The second kappa shape index (κ2) is 4.42. The summed E-state index contributed by atoms with van der Waals surface area (Å²) in [5, 5.41) is 0. The second-order valence-electron chi connectivity index (χ2n) is 6.25. The van der Waals surface area contributed by atoms with Gasteiger partial charge in [-0.2, -0.15) is 0 Å². The molecular formula is C13H28N2. The topological polar surface area (TPSA) is 29.3 Å². The minimum Gasteiger partial charge on any atom is -0.329 e. The summed E-state index contributed by atoms with van der Waals surface area (Å²) in [6.45, 7) is 11.3. The van der Waals surface area contributed by atoms with E-state index in [2.05, 4.69) is 39.6 Å². The van der Waals surface area contributed by atoms with Gasteiger partial charge in [0.2, 0.25) is 0 Å². The fraction of sp³-hybridized carbons (Fsp3) is 1.00. The van der Waals surface area contributed by atoms with E-state index < -0.39 is 0 Å². The van der Waals surface area contributed by atoms with Crippen LogP contribution in [-0.4, -0.2) is 30.6 Å². The highest BCUT2D eigenvalue weighted by Gasteiger charge is 2.50. The zero-order chi connectivity index (χ0) is 11.7. The molecule has 0 saturated heterocycles. The number of hydrogen-bond acceptors (Lipinski definition) is 2. The van der Waals surface area contributed by atoms with Crippen LogP contribution in [0, 0.1) is 11.3 Å². The van der Waals surface area contributed by atoms with Crippen LogP contribution in [0.3, 0.4) is 0 Å². The Morgan fingerprint density at radius 3 is 2.20 bits per heavy atom. The Kier molecular flexibility index (Phi) is 3.83. The lowest BCUT2D eigenvalue weighted by Crippen LogP contribution is -2.59. The highest BCUT2D eigenvalue weighted by Crippen LogP contribution is 2.48. The summed E-state index contributed by atoms with van der Waals surface area (Å²) in [5.41, 5.74) is 6.68. The summed E-state index contributed by atoms with van der Waals surface area (Å²) in [5.74, 6) is 0.717. The summed E-state index contributed by atoms with van der Waals surface area (Å²) in [4.78, 5) is 2.52. The lowest BCUT2D eigenvalue weighted by molar-refractivity contribution is 0.0257. The molecule has 1 rings (SSSR count). The van der Waals surface area contributed by atoms with Gasteiger partial charge < -0.3 is 5.73 Å². The van der Waals surface area contributed by atoms with Crippen LogP contribution in [0.5, 0.6) is 0 Å². The molecule has 0 bridgehead atoms. The minimum atomic E-state index is 0.233. The van der Waals surface area contributed by atoms with E-state index in [0.29, 0.717) is 5.41 Å². The van der Waals surface area contributed by atoms with Gasteiger partial charge in [-0.3, -0.25) is 4.90 Å². The molecule has 1 atom stereocenters. The maximum absolute atomic E-state index is 6.08. The number of likely N-dealkylation sites (N-methyl/N-ethyl adjacent to an activating group) is 1. The highest BCUT2D eigenvalue weighted by atomic mass is 15.2. The molecule has 0 aromatic rings. The van der Waals surface area contributed by atoms with Crippen LogP contribution in [0.25, 0.3) is 0 Å². The lowest BCUT2D eigenvalue weighted by Gasteiger charge is -2.48. The van der Waals surface area contributed by atoms with E-state index in [1.165, 1.54) is 19.3 Å². The Morgan fingerprint density at radius 2 is 1.87 bits per heavy atom. The van der Waals surface area contributed by atoms with Gasteiger partial charge in [0, 0.05) is 18.6 Å². The lowest BCUT2D eigenvalue weighted by atomic mass is 9.73. The van der Waals surface area contributed by atoms with Gasteiger partial charge in [0.1, 0.15) is 0 Å². The Bertz CT molecular complexity index is 211. The molecule has 0 radical (unpaired) electrons. The van der Waals surface area contributed by atoms with Gasteiger partial charge in [-0.1, -0.05) is 34.1 Å². The summed E-state index contributed by atoms with van der Waals surface area (Å²) >= 11 is 0. The Labute approximate surface area is 95.2 Å². The normalized spacial score (nSPS) is 30.4. The van der Waals surface area contributed by atoms with Crippen molar-refractivity contribution in [3.63, 3.8) is 0 Å². The molecule has 0 amide bonds. The molecule has 0 spiro atoms. The van der Waals surface area contributed by atoms with Crippen LogP contribution < -0.4 is 5.73 Å². The van der Waals surface area contributed by atoms with Crippen molar-refractivity contribution in [1.29, 1.82) is 0 Å². The van der Waals surface area contributed by atoms with E-state index in [1.54, 1.807) is 0 Å². The molecule has 0 heterocycles. The van der Waals surface area contributed by atoms with Gasteiger partial charge in [-0.25, -0.2) is 0 Å². The van der Waals surface area contributed by atoms with E-state index in [9.17, 15) is 0 Å². The molecule has 1 saturated carbocycles. The Morgan fingerprint density at radius 1 is 1.27 bits per heavy atom. The number of nitrogens with zero attached hydrogens (tertiary/aromatic N) is 1. The van der Waals surface area contributed by atoms with Gasteiger partial charge in [0.05, 0.1) is 0 Å². The van der Waals surface area contributed by atoms with Crippen molar-refractivity contribution in [3.05, 3.63) is 0 Å². The van der Waals surface area contributed by atoms with Crippen molar-refractivity contribution in [3.8, 4) is 0 Å². The first-order valence-corrected chi connectivity index (χ1v) is 6.27. The maximum Gasteiger partial charge on any atom is 0.0379 e. The van der Waals surface area contributed by atoms with Crippen LogP contribution in [0.2, 0.25) is 0 Å². The maximum atomic E-state index is 6.08. The highest BCUT2D eigenvalue weighted by molar-refractivity contribution is 5.06. The van der Waals surface area contributed by atoms with E-state index in [-0.39, 0.29) is 5.54 Å². The van der Waals surface area contributed by atoms with Crippen molar-refractivity contribution in [2.45, 2.75) is 52.5 Å². The predicted molar refractivity (Wildman–Crippen MR) is 66.9 cm³/mol. The predicted octanol–water partition coefficient (Wildman–Crippen LogP) is 2.48. The van der Waals surface area contributed by atoms with Gasteiger partial charge in [0.15, 0.2) is 0 Å². The molecule has 1 aliphatic rings. The zero-order valence-corrected chi connectivity index (χ0v) is 11.1. The molecule has 2 N–H and O–H groups in total. The fourth-order valence-electron chi connectivity index (χ4n) is 3.36. The molecular weight excluding hydrogens is 184 g/mol. The second-order valence-corrected chi connectivity index (χ2v) is 6.25. The van der Waals surface area contributed by atoms with E-state index in [1.807, 2.05) is 0 Å². The first-order chi connectivity index (χ1) is 6.85. The fourth-order valence-corrected chi connectivity index (χ4v) is 3.36. The summed E-state index contributed by atoms with van der Waals surface area (Å²) in [6, 6.07) is 0. The monoisotopic (exact) mass is 212 g/mol. The third-order valence-electron chi connectivity index (χ3n) is 4.36. The van der Waals surface area contributed by atoms with Gasteiger partial charge in [-0.05, 0) is 31.2 Å². The Balaban J connectivity index is 2.84. The molecule has 1 unspecified atom stereocenters. The van der Waals surface area contributed by atoms with E-state index >= 15 is 0 Å². The van der Waals surface area contributed by atoms with Crippen LogP contribution in [-0.2, 0) is 0 Å². The minimum absolute atomic E-state index is 0.233. The standard InChI is InChI=1S/C13H28N2/c1-11(2)9-15(5)13(10-14)8-6-7-12(13,3)4/h11H,6-10,14H2,1-5H3. The molecule has 90 valence electrons. The van der Waals surface area contributed by atoms with Crippen molar-refractivity contribution in [2.75, 3.05) is 20.1 Å². The summed E-state index contributed by atoms with van der Waals surface area (Å²) in [6.07, 6.45) is 3.90. The van der Waals surface area contributed by atoms with Gasteiger partial charge in [0.25, 0.3) is 0 Å². The average molecular weight is 212 g/mol. The third-order valence-corrected chi connectivity index (χ3v) is 4.36. The molecule has 15 heavy (non-hydrogen) atoms. The van der Waals surface area contributed by atoms with Gasteiger partial charge >= 0.3 is 0 Å². The Hall–Kier alpha value is -0.0800. The molecule has 0 aromatic heterocycles. The van der Waals surface area contributed by atoms with Crippen LogP contribution in [0.1, 0.15) is 47.0 Å². The smallest absolute Gasteiger partial charge is 0.0379 e. The zero-order valence-electron chi connectivity index (χ0n) is 11.1. The van der Waals surface area contributed by atoms with Crippen molar-refractivity contribution < 1.29 is 0 Å². The van der Waals surface area contributed by atoms with E-state index in [4.69, 9.17) is 5.73 Å². The number of nitrogens with two attached hydrogens (primary N) is 1. The van der Waals surface area contributed by atoms with E-state index in [0.717, 1.165) is 19.0 Å². The van der Waals surface area contributed by atoms with Crippen molar-refractivity contribution in [1.82, 2.24) is 4.90 Å². The molecule has 0 aliphatic heterocycles. The van der Waals surface area contributed by atoms with Crippen LogP contribution in [0.15, 0.2) is 0 Å². The van der Waals surface area contributed by atoms with Crippen LogP contribution >= 0.6 is 0 Å². The summed E-state index contributed by atoms with van der Waals surface area (Å²) in [7, 11) is 2.25. The average Bonchev–Trinajstić information content (AvgIpc) is 2.40. The third kappa shape index (κ3) is 2.21. The molecule has 1 aliphatic carbocycles. The molecule has 1 fully saturated rings. The van der Waals surface area contributed by atoms with Gasteiger partial charge in [-0.15, -0.1) is 0 Å². The first-order valence-electron chi connectivity index (χ1n) is 6.27. The van der Waals surface area contributed by atoms with Crippen LogP contribution in [0.4, 0.5) is 0 Å². The molecule has 2 nitrogen and oxygen atoms in total. The summed E-state index contributed by atoms with van der Waals surface area (Å²) < 4.78 is 0. The largest absolute Gasteiger partial charge is 0.329 e. The number of hydrogen-bond donors (Lipinski definition) is 1. The SMILES string of the molecule is CC(C)CN(C)C1(CN)CCCC1(C)C. The number of rotatable bonds is 4. The van der Waals surface area contributed by atoms with Crippen molar-refractivity contribution >= 4 is 0 Å². The molecule has 0 aromatic carbocycles.